The molecule has 1 saturated heterocycles. The number of benzene rings is 1. The van der Waals surface area contributed by atoms with Crippen LogP contribution in [-0.4, -0.2) is 45.7 Å². The Bertz CT molecular complexity index is 1190. The number of piperazine rings is 1. The second kappa shape index (κ2) is 8.85. The minimum atomic E-state index is -4.86. The second-order valence-electron chi connectivity index (χ2n) is 9.15. The molecule has 5 nitrogen and oxygen atoms in total. The van der Waals surface area contributed by atoms with E-state index >= 15 is 0 Å². The van der Waals surface area contributed by atoms with Crippen LogP contribution in [0, 0.1) is 5.92 Å². The molecule has 0 spiro atoms. The molecule has 0 unspecified atom stereocenters. The van der Waals surface area contributed by atoms with Crippen molar-refractivity contribution in [1.82, 2.24) is 19.5 Å². The van der Waals surface area contributed by atoms with Gasteiger partial charge in [0.15, 0.2) is 5.65 Å². The number of fused-ring (bicyclic) bond motifs is 1. The lowest BCUT2D eigenvalue weighted by Gasteiger charge is -2.36. The Morgan fingerprint density at radius 3 is 2.09 bits per heavy atom. The molecule has 0 N–H and O–H groups in total. The highest BCUT2D eigenvalue weighted by Gasteiger charge is 2.37. The van der Waals surface area contributed by atoms with Gasteiger partial charge in [-0.1, -0.05) is 11.6 Å². The molecule has 1 aromatic carbocycles. The van der Waals surface area contributed by atoms with Crippen LogP contribution >= 0.6 is 11.6 Å². The number of nitrogens with zero attached hydrogens (tertiary/aromatic N) is 5. The van der Waals surface area contributed by atoms with Gasteiger partial charge in [-0.3, -0.25) is 9.30 Å². The fourth-order valence-electron chi connectivity index (χ4n) is 4.44. The fourth-order valence-corrected chi connectivity index (χ4v) is 4.75. The van der Waals surface area contributed by atoms with Crippen molar-refractivity contribution in [2.45, 2.75) is 38.2 Å². The van der Waals surface area contributed by atoms with E-state index in [1.165, 1.54) is 12.8 Å². The molecule has 35 heavy (non-hydrogen) atoms. The van der Waals surface area contributed by atoms with Crippen LogP contribution in [0.1, 0.15) is 35.4 Å². The monoisotopic (exact) mass is 517 g/mol. The molecule has 3 heterocycles. The molecule has 0 atom stereocenters. The smallest absolute Gasteiger partial charge is 0.368 e. The highest BCUT2D eigenvalue weighted by Crippen LogP contribution is 2.37. The van der Waals surface area contributed by atoms with Gasteiger partial charge in [-0.25, -0.2) is 0 Å². The maximum Gasteiger partial charge on any atom is 0.416 e. The number of pyridine rings is 1. The summed E-state index contributed by atoms with van der Waals surface area (Å²) in [4.78, 5) is 3.88. The average molecular weight is 518 g/mol. The first kappa shape index (κ1) is 24.2. The van der Waals surface area contributed by atoms with Crippen LogP contribution in [0.3, 0.4) is 0 Å². The van der Waals surface area contributed by atoms with E-state index in [2.05, 4.69) is 10.2 Å². The first-order valence-electron chi connectivity index (χ1n) is 11.3. The number of alkyl halides is 6. The van der Waals surface area contributed by atoms with Crippen molar-refractivity contribution in [3.05, 3.63) is 58.0 Å². The molecule has 188 valence electrons. The Kier molecular flexibility index (Phi) is 6.11. The van der Waals surface area contributed by atoms with Gasteiger partial charge in [-0.2, -0.15) is 26.3 Å². The number of hydrogen-bond acceptors (Lipinski definition) is 4. The van der Waals surface area contributed by atoms with Gasteiger partial charge in [0.2, 0.25) is 0 Å². The molecule has 1 aliphatic heterocycles. The second-order valence-corrected chi connectivity index (χ2v) is 9.53. The molecule has 2 fully saturated rings. The normalized spacial score (nSPS) is 18.0. The first-order valence-corrected chi connectivity index (χ1v) is 11.6. The van der Waals surface area contributed by atoms with E-state index in [-0.39, 0.29) is 18.2 Å². The van der Waals surface area contributed by atoms with Crippen LogP contribution in [0.15, 0.2) is 30.5 Å². The Hall–Kier alpha value is -2.53. The summed E-state index contributed by atoms with van der Waals surface area (Å²) < 4.78 is 80.8. The topological polar surface area (TPSA) is 36.7 Å². The van der Waals surface area contributed by atoms with E-state index < -0.39 is 23.5 Å². The lowest BCUT2D eigenvalue weighted by molar-refractivity contribution is -0.143. The van der Waals surface area contributed by atoms with Gasteiger partial charge in [-0.15, -0.1) is 10.2 Å². The van der Waals surface area contributed by atoms with E-state index in [0.717, 1.165) is 30.1 Å². The van der Waals surface area contributed by atoms with Gasteiger partial charge in [-0.05, 0) is 48.6 Å². The summed E-state index contributed by atoms with van der Waals surface area (Å²) in [5.74, 6) is 1.53. The zero-order valence-corrected chi connectivity index (χ0v) is 19.3. The highest BCUT2D eigenvalue weighted by atomic mass is 35.5. The molecule has 5 rings (SSSR count). The Morgan fingerprint density at radius 1 is 0.886 bits per heavy atom. The van der Waals surface area contributed by atoms with Crippen molar-refractivity contribution in [3.8, 4) is 0 Å². The highest BCUT2D eigenvalue weighted by molar-refractivity contribution is 6.36. The van der Waals surface area contributed by atoms with Gasteiger partial charge >= 0.3 is 12.4 Å². The molecule has 1 saturated carbocycles. The van der Waals surface area contributed by atoms with Crippen molar-refractivity contribution in [1.29, 1.82) is 0 Å². The van der Waals surface area contributed by atoms with Crippen molar-refractivity contribution in [2.24, 2.45) is 5.92 Å². The number of rotatable bonds is 5. The summed E-state index contributed by atoms with van der Waals surface area (Å²) in [6.45, 7) is 1.94. The number of anilines is 1. The van der Waals surface area contributed by atoms with Crippen LogP contribution in [-0.2, 0) is 25.3 Å². The lowest BCUT2D eigenvalue weighted by Crippen LogP contribution is -2.46. The Balaban J connectivity index is 1.29. The number of halogens is 7. The third-order valence-corrected chi connectivity index (χ3v) is 6.87. The zero-order chi connectivity index (χ0) is 25.0. The van der Waals surface area contributed by atoms with Crippen LogP contribution in [0.5, 0.6) is 0 Å². The van der Waals surface area contributed by atoms with Gasteiger partial charge < -0.3 is 4.90 Å². The molecule has 3 aromatic rings. The Labute approximate surface area is 202 Å². The maximum absolute atomic E-state index is 13.2. The largest absolute Gasteiger partial charge is 0.416 e. The predicted molar refractivity (Wildman–Crippen MR) is 118 cm³/mol. The standard InChI is InChI=1S/C23H22ClF6N5/c24-20-18(3-4-35-19(11-14-1-2-14)31-32-21(20)35)34-7-5-33(6-8-34)13-15-9-16(22(25,26)27)12-17(10-15)23(28,29)30/h3-4,9-10,12,14H,1-2,5-8,11,13H2. The summed E-state index contributed by atoms with van der Waals surface area (Å²) in [7, 11) is 0. The van der Waals surface area contributed by atoms with E-state index in [4.69, 9.17) is 11.6 Å². The van der Waals surface area contributed by atoms with Crippen LogP contribution in [0.25, 0.3) is 5.65 Å². The maximum atomic E-state index is 13.2. The predicted octanol–water partition coefficient (Wildman–Crippen LogP) is 5.70. The number of hydrogen-bond donors (Lipinski definition) is 0. The van der Waals surface area contributed by atoms with E-state index in [0.29, 0.717) is 42.8 Å². The third kappa shape index (κ3) is 5.20. The molecule has 2 aromatic heterocycles. The SMILES string of the molecule is FC(F)(F)c1cc(CN2CCN(c3ccn4c(CC5CC5)nnc4c3Cl)CC2)cc(C(F)(F)F)c1. The van der Waals surface area contributed by atoms with Crippen molar-refractivity contribution in [3.63, 3.8) is 0 Å². The zero-order valence-electron chi connectivity index (χ0n) is 18.5. The minimum Gasteiger partial charge on any atom is -0.368 e. The summed E-state index contributed by atoms with van der Waals surface area (Å²) in [5.41, 5.74) is -1.26. The lowest BCUT2D eigenvalue weighted by atomic mass is 10.0. The van der Waals surface area contributed by atoms with Crippen LogP contribution in [0.4, 0.5) is 32.0 Å². The molecule has 0 amide bonds. The first-order chi connectivity index (χ1) is 16.5. The molecule has 12 heteroatoms. The molecule has 2 aliphatic rings. The molecule has 0 bridgehead atoms. The van der Waals surface area contributed by atoms with Gasteiger partial charge in [0.1, 0.15) is 10.8 Å². The van der Waals surface area contributed by atoms with Crippen molar-refractivity contribution < 1.29 is 26.3 Å². The van der Waals surface area contributed by atoms with E-state index in [1.54, 1.807) is 0 Å². The average Bonchev–Trinajstić information content (AvgIpc) is 3.51. The van der Waals surface area contributed by atoms with E-state index in [9.17, 15) is 26.3 Å². The third-order valence-electron chi connectivity index (χ3n) is 6.50. The summed E-state index contributed by atoms with van der Waals surface area (Å²) in [6, 6.07) is 3.63. The summed E-state index contributed by atoms with van der Waals surface area (Å²) in [5, 5.41) is 8.99. The minimum absolute atomic E-state index is 0.0116. The van der Waals surface area contributed by atoms with Crippen molar-refractivity contribution >= 4 is 22.9 Å². The quantitative estimate of drug-likeness (QED) is 0.407. The summed E-state index contributed by atoms with van der Waals surface area (Å²) >= 11 is 6.64. The van der Waals surface area contributed by atoms with Crippen LogP contribution in [0.2, 0.25) is 5.02 Å². The summed E-state index contributed by atoms with van der Waals surface area (Å²) in [6.07, 6.45) is -4.57. The Morgan fingerprint density at radius 2 is 1.51 bits per heavy atom. The van der Waals surface area contributed by atoms with E-state index in [1.807, 2.05) is 26.5 Å². The fraction of sp³-hybridized carbons (Fsp3) is 0.478. The van der Waals surface area contributed by atoms with Crippen LogP contribution < -0.4 is 4.90 Å². The molecular weight excluding hydrogens is 496 g/mol. The van der Waals surface area contributed by atoms with Crippen molar-refractivity contribution in [2.75, 3.05) is 31.1 Å². The number of aromatic nitrogens is 3. The molecular formula is C23H22ClF6N5. The van der Waals surface area contributed by atoms with Gasteiger partial charge in [0.25, 0.3) is 0 Å². The molecule has 1 aliphatic carbocycles. The van der Waals surface area contributed by atoms with Gasteiger partial charge in [0, 0.05) is 45.3 Å². The molecule has 0 radical (unpaired) electrons. The van der Waals surface area contributed by atoms with Gasteiger partial charge in [0.05, 0.1) is 16.8 Å².